The van der Waals surface area contributed by atoms with Crippen LogP contribution in [0.4, 0.5) is 0 Å². The minimum atomic E-state index is -1.09. The SMILES string of the molecule is Cn1ncc(C(=O)O)c1CN1CC(=O)N2CCCC2C1=O. The molecule has 0 aliphatic carbocycles. The van der Waals surface area contributed by atoms with Gasteiger partial charge in [-0.1, -0.05) is 0 Å². The molecule has 112 valence electrons. The zero-order valence-electron chi connectivity index (χ0n) is 11.7. The molecule has 0 aromatic carbocycles. The topological polar surface area (TPSA) is 95.7 Å². The molecule has 3 rings (SSSR count). The summed E-state index contributed by atoms with van der Waals surface area (Å²) in [6.07, 6.45) is 2.77. The molecule has 1 aromatic heterocycles. The summed E-state index contributed by atoms with van der Waals surface area (Å²) >= 11 is 0. The van der Waals surface area contributed by atoms with E-state index in [1.807, 2.05) is 0 Å². The van der Waals surface area contributed by atoms with Gasteiger partial charge in [-0.2, -0.15) is 5.10 Å². The molecule has 2 fully saturated rings. The van der Waals surface area contributed by atoms with Gasteiger partial charge in [0.05, 0.1) is 18.4 Å². The minimum Gasteiger partial charge on any atom is -0.478 e. The van der Waals surface area contributed by atoms with E-state index >= 15 is 0 Å². The smallest absolute Gasteiger partial charge is 0.339 e. The van der Waals surface area contributed by atoms with Gasteiger partial charge in [0, 0.05) is 13.6 Å². The fourth-order valence-electron chi connectivity index (χ4n) is 3.01. The van der Waals surface area contributed by atoms with Crippen LogP contribution in [0.25, 0.3) is 0 Å². The van der Waals surface area contributed by atoms with Crippen molar-refractivity contribution in [3.05, 3.63) is 17.5 Å². The van der Waals surface area contributed by atoms with Crippen LogP contribution in [0.15, 0.2) is 6.20 Å². The van der Waals surface area contributed by atoms with Crippen LogP contribution < -0.4 is 0 Å². The van der Waals surface area contributed by atoms with Crippen molar-refractivity contribution in [3.8, 4) is 0 Å². The maximum absolute atomic E-state index is 12.4. The Balaban J connectivity index is 1.85. The number of carboxylic acid groups (broad SMARTS) is 1. The number of amides is 2. The molecule has 2 aliphatic heterocycles. The van der Waals surface area contributed by atoms with Crippen LogP contribution in [0, 0.1) is 0 Å². The number of aryl methyl sites for hydroxylation is 1. The molecule has 2 saturated heterocycles. The highest BCUT2D eigenvalue weighted by atomic mass is 16.4. The number of aromatic nitrogens is 2. The third kappa shape index (κ3) is 2.16. The second-order valence-corrected chi connectivity index (χ2v) is 5.37. The van der Waals surface area contributed by atoms with E-state index in [2.05, 4.69) is 5.10 Å². The van der Waals surface area contributed by atoms with Gasteiger partial charge in [0.15, 0.2) is 0 Å². The zero-order valence-corrected chi connectivity index (χ0v) is 11.7. The van der Waals surface area contributed by atoms with E-state index in [0.29, 0.717) is 18.7 Å². The fourth-order valence-corrected chi connectivity index (χ4v) is 3.01. The van der Waals surface area contributed by atoms with Gasteiger partial charge in [-0.3, -0.25) is 14.3 Å². The zero-order chi connectivity index (χ0) is 15.1. The Morgan fingerprint density at radius 1 is 1.48 bits per heavy atom. The number of carbonyl (C=O) groups excluding carboxylic acids is 2. The Morgan fingerprint density at radius 3 is 2.95 bits per heavy atom. The molecule has 3 heterocycles. The molecule has 8 heteroatoms. The molecule has 0 saturated carbocycles. The lowest BCUT2D eigenvalue weighted by atomic mass is 10.1. The van der Waals surface area contributed by atoms with Crippen molar-refractivity contribution in [1.29, 1.82) is 0 Å². The van der Waals surface area contributed by atoms with E-state index < -0.39 is 5.97 Å². The Morgan fingerprint density at radius 2 is 2.24 bits per heavy atom. The van der Waals surface area contributed by atoms with E-state index in [-0.39, 0.29) is 36.5 Å². The second kappa shape index (κ2) is 4.87. The van der Waals surface area contributed by atoms with Crippen molar-refractivity contribution in [2.45, 2.75) is 25.4 Å². The van der Waals surface area contributed by atoms with Gasteiger partial charge in [-0.25, -0.2) is 4.79 Å². The first-order valence-corrected chi connectivity index (χ1v) is 6.81. The standard InChI is InChI=1S/C13H16N4O4/c1-15-10(8(5-14-15)13(20)21)6-16-7-11(18)17-4-2-3-9(17)12(16)19/h5,9H,2-4,6-7H2,1H3,(H,20,21). The van der Waals surface area contributed by atoms with E-state index in [4.69, 9.17) is 5.11 Å². The van der Waals surface area contributed by atoms with Crippen molar-refractivity contribution < 1.29 is 19.5 Å². The van der Waals surface area contributed by atoms with Gasteiger partial charge >= 0.3 is 5.97 Å². The molecule has 1 atom stereocenters. The van der Waals surface area contributed by atoms with Crippen LogP contribution in [0.1, 0.15) is 28.9 Å². The van der Waals surface area contributed by atoms with Gasteiger partial charge in [-0.05, 0) is 12.8 Å². The maximum atomic E-state index is 12.4. The summed E-state index contributed by atoms with van der Waals surface area (Å²) in [4.78, 5) is 38.7. The van der Waals surface area contributed by atoms with Crippen molar-refractivity contribution in [3.63, 3.8) is 0 Å². The van der Waals surface area contributed by atoms with Crippen LogP contribution in [-0.4, -0.2) is 61.6 Å². The molecule has 1 N–H and O–H groups in total. The number of aromatic carboxylic acids is 1. The number of carboxylic acids is 1. The summed E-state index contributed by atoms with van der Waals surface area (Å²) in [7, 11) is 1.62. The van der Waals surface area contributed by atoms with Crippen molar-refractivity contribution in [1.82, 2.24) is 19.6 Å². The Bertz CT molecular complexity index is 624. The third-order valence-corrected chi connectivity index (χ3v) is 4.13. The van der Waals surface area contributed by atoms with Crippen molar-refractivity contribution in [2.75, 3.05) is 13.1 Å². The van der Waals surface area contributed by atoms with Gasteiger partial charge < -0.3 is 14.9 Å². The van der Waals surface area contributed by atoms with Crippen LogP contribution in [-0.2, 0) is 23.2 Å². The molecule has 2 amide bonds. The van der Waals surface area contributed by atoms with E-state index in [1.165, 1.54) is 15.8 Å². The maximum Gasteiger partial charge on any atom is 0.339 e. The van der Waals surface area contributed by atoms with Gasteiger partial charge in [0.1, 0.15) is 18.2 Å². The number of nitrogens with zero attached hydrogens (tertiary/aromatic N) is 4. The molecule has 0 spiro atoms. The average Bonchev–Trinajstić information content (AvgIpc) is 3.04. The van der Waals surface area contributed by atoms with E-state index in [1.54, 1.807) is 11.9 Å². The highest BCUT2D eigenvalue weighted by Gasteiger charge is 2.42. The molecule has 1 aromatic rings. The molecular formula is C13H16N4O4. The molecule has 0 bridgehead atoms. The summed E-state index contributed by atoms with van der Waals surface area (Å²) in [6, 6.07) is -0.382. The molecule has 0 radical (unpaired) electrons. The first-order chi connectivity index (χ1) is 9.99. The highest BCUT2D eigenvalue weighted by Crippen LogP contribution is 2.25. The largest absolute Gasteiger partial charge is 0.478 e. The Hall–Kier alpha value is -2.38. The second-order valence-electron chi connectivity index (χ2n) is 5.37. The quantitative estimate of drug-likeness (QED) is 0.806. The summed E-state index contributed by atoms with van der Waals surface area (Å²) in [5.41, 5.74) is 0.488. The van der Waals surface area contributed by atoms with Gasteiger partial charge in [-0.15, -0.1) is 0 Å². The van der Waals surface area contributed by atoms with Crippen LogP contribution in [0.3, 0.4) is 0 Å². The van der Waals surface area contributed by atoms with E-state index in [0.717, 1.165) is 6.42 Å². The average molecular weight is 292 g/mol. The number of rotatable bonds is 3. The fraction of sp³-hybridized carbons (Fsp3) is 0.538. The monoisotopic (exact) mass is 292 g/mol. The lowest BCUT2D eigenvalue weighted by Gasteiger charge is -2.36. The van der Waals surface area contributed by atoms with Crippen molar-refractivity contribution >= 4 is 17.8 Å². The van der Waals surface area contributed by atoms with Crippen LogP contribution >= 0.6 is 0 Å². The normalized spacial score (nSPS) is 21.9. The first kappa shape index (κ1) is 13.6. The Labute approximate surface area is 120 Å². The summed E-state index contributed by atoms with van der Waals surface area (Å²) in [5.74, 6) is -1.27. The molecular weight excluding hydrogens is 276 g/mol. The summed E-state index contributed by atoms with van der Waals surface area (Å²) in [5, 5.41) is 13.1. The lowest BCUT2D eigenvalue weighted by Crippen LogP contribution is -2.57. The molecule has 21 heavy (non-hydrogen) atoms. The minimum absolute atomic E-state index is 0.000424. The van der Waals surface area contributed by atoms with Crippen LogP contribution in [0.2, 0.25) is 0 Å². The lowest BCUT2D eigenvalue weighted by molar-refractivity contribution is -0.154. The first-order valence-electron chi connectivity index (χ1n) is 6.81. The number of fused-ring (bicyclic) bond motifs is 1. The molecule has 2 aliphatic rings. The van der Waals surface area contributed by atoms with Crippen molar-refractivity contribution in [2.24, 2.45) is 7.05 Å². The third-order valence-electron chi connectivity index (χ3n) is 4.13. The van der Waals surface area contributed by atoms with Gasteiger partial charge in [0.2, 0.25) is 11.8 Å². The number of carbonyl (C=O) groups is 3. The summed E-state index contributed by atoms with van der Waals surface area (Å²) < 4.78 is 1.43. The Kier molecular flexibility index (Phi) is 3.15. The summed E-state index contributed by atoms with van der Waals surface area (Å²) in [6.45, 7) is 0.724. The predicted molar refractivity (Wildman–Crippen MR) is 70.3 cm³/mol. The van der Waals surface area contributed by atoms with E-state index in [9.17, 15) is 14.4 Å². The van der Waals surface area contributed by atoms with Gasteiger partial charge in [0.25, 0.3) is 0 Å². The highest BCUT2D eigenvalue weighted by molar-refractivity contribution is 5.95. The molecule has 8 nitrogen and oxygen atoms in total. The number of piperazine rings is 1. The predicted octanol–water partition coefficient (Wildman–Crippen LogP) is -0.548. The number of hydrogen-bond acceptors (Lipinski definition) is 4. The van der Waals surface area contributed by atoms with Crippen LogP contribution in [0.5, 0.6) is 0 Å². The molecule has 1 unspecified atom stereocenters. The number of hydrogen-bond donors (Lipinski definition) is 1.